The van der Waals surface area contributed by atoms with Gasteiger partial charge in [-0.25, -0.2) is 0 Å². The molecule has 2 heterocycles. The van der Waals surface area contributed by atoms with E-state index in [1.165, 1.54) is 0 Å². The summed E-state index contributed by atoms with van der Waals surface area (Å²) in [6, 6.07) is 12.1. The Bertz CT molecular complexity index is 705. The number of aromatic nitrogens is 1. The van der Waals surface area contributed by atoms with Gasteiger partial charge in [0.2, 0.25) is 0 Å². The zero-order chi connectivity index (χ0) is 18.4. The standard InChI is InChI=1S/C21H27N3O2/c1-17-13-18(2)15-20(14-17)26-16-21(25)24-11-9-23(10-12-24)8-6-19-5-3-4-7-22-19/h3-5,7,13-15H,6,8-12,16H2,1-2H3. The summed E-state index contributed by atoms with van der Waals surface area (Å²) in [5, 5.41) is 0. The number of carbonyl (C=O) groups excluding carboxylic acids is 1. The van der Waals surface area contributed by atoms with Gasteiger partial charge in [0.05, 0.1) is 0 Å². The average Bonchev–Trinajstić information content (AvgIpc) is 2.65. The number of hydrogen-bond donors (Lipinski definition) is 0. The maximum absolute atomic E-state index is 12.4. The lowest BCUT2D eigenvalue weighted by Gasteiger charge is -2.34. The van der Waals surface area contributed by atoms with Crippen LogP contribution >= 0.6 is 0 Å². The van der Waals surface area contributed by atoms with Gasteiger partial charge in [-0.1, -0.05) is 12.1 Å². The molecule has 0 bridgehead atoms. The van der Waals surface area contributed by atoms with Gasteiger partial charge in [-0.15, -0.1) is 0 Å². The molecule has 1 amide bonds. The zero-order valence-electron chi connectivity index (χ0n) is 15.6. The maximum Gasteiger partial charge on any atom is 0.260 e. The zero-order valence-corrected chi connectivity index (χ0v) is 15.6. The van der Waals surface area contributed by atoms with Crippen molar-refractivity contribution in [1.29, 1.82) is 0 Å². The number of benzene rings is 1. The molecule has 1 aliphatic rings. The van der Waals surface area contributed by atoms with Crippen molar-refractivity contribution in [2.24, 2.45) is 0 Å². The Morgan fingerprint density at radius 2 is 1.81 bits per heavy atom. The molecule has 138 valence electrons. The SMILES string of the molecule is Cc1cc(C)cc(OCC(=O)N2CCN(CCc3ccccn3)CC2)c1. The van der Waals surface area contributed by atoms with Crippen molar-refractivity contribution in [3.63, 3.8) is 0 Å². The van der Waals surface area contributed by atoms with Crippen LogP contribution in [0.15, 0.2) is 42.6 Å². The quantitative estimate of drug-likeness (QED) is 0.800. The van der Waals surface area contributed by atoms with Gasteiger partial charge in [0.15, 0.2) is 6.61 Å². The number of ether oxygens (including phenoxy) is 1. The predicted octanol–water partition coefficient (Wildman–Crippen LogP) is 2.46. The van der Waals surface area contributed by atoms with E-state index in [1.54, 1.807) is 0 Å². The molecule has 26 heavy (non-hydrogen) atoms. The highest BCUT2D eigenvalue weighted by atomic mass is 16.5. The molecule has 5 nitrogen and oxygen atoms in total. The van der Waals surface area contributed by atoms with E-state index < -0.39 is 0 Å². The smallest absolute Gasteiger partial charge is 0.260 e. The third-order valence-electron chi connectivity index (χ3n) is 4.69. The average molecular weight is 353 g/mol. The van der Waals surface area contributed by atoms with Crippen molar-refractivity contribution in [3.8, 4) is 5.75 Å². The molecule has 0 spiro atoms. The largest absolute Gasteiger partial charge is 0.484 e. The van der Waals surface area contributed by atoms with E-state index in [-0.39, 0.29) is 12.5 Å². The van der Waals surface area contributed by atoms with Gasteiger partial charge < -0.3 is 9.64 Å². The van der Waals surface area contributed by atoms with E-state index in [4.69, 9.17) is 4.74 Å². The van der Waals surface area contributed by atoms with Crippen molar-refractivity contribution in [3.05, 3.63) is 59.4 Å². The summed E-state index contributed by atoms with van der Waals surface area (Å²) in [4.78, 5) is 21.1. The molecule has 0 unspecified atom stereocenters. The number of hydrogen-bond acceptors (Lipinski definition) is 4. The van der Waals surface area contributed by atoms with E-state index >= 15 is 0 Å². The van der Waals surface area contributed by atoms with Crippen LogP contribution in [0.2, 0.25) is 0 Å². The van der Waals surface area contributed by atoms with Crippen LogP contribution in [0.3, 0.4) is 0 Å². The van der Waals surface area contributed by atoms with Crippen molar-refractivity contribution in [2.75, 3.05) is 39.3 Å². The van der Waals surface area contributed by atoms with Gasteiger partial charge in [-0.2, -0.15) is 0 Å². The van der Waals surface area contributed by atoms with Gasteiger partial charge in [-0.3, -0.25) is 14.7 Å². The van der Waals surface area contributed by atoms with E-state index in [1.807, 2.05) is 49.2 Å². The predicted molar refractivity (Wildman–Crippen MR) is 102 cm³/mol. The lowest BCUT2D eigenvalue weighted by molar-refractivity contribution is -0.135. The summed E-state index contributed by atoms with van der Waals surface area (Å²) in [5.41, 5.74) is 3.41. The second kappa shape index (κ2) is 8.81. The molecule has 0 saturated carbocycles. The van der Waals surface area contributed by atoms with E-state index in [9.17, 15) is 4.79 Å². The van der Waals surface area contributed by atoms with Crippen LogP contribution in [0.4, 0.5) is 0 Å². The van der Waals surface area contributed by atoms with Gasteiger partial charge in [0.1, 0.15) is 5.75 Å². The molecule has 1 fully saturated rings. The summed E-state index contributed by atoms with van der Waals surface area (Å²) in [5.74, 6) is 0.832. The molecule has 0 radical (unpaired) electrons. The monoisotopic (exact) mass is 353 g/mol. The number of carbonyl (C=O) groups is 1. The molecule has 0 atom stereocenters. The molecule has 1 aliphatic heterocycles. The first-order valence-electron chi connectivity index (χ1n) is 9.21. The number of nitrogens with zero attached hydrogens (tertiary/aromatic N) is 3. The summed E-state index contributed by atoms with van der Waals surface area (Å²) in [6.45, 7) is 8.49. The van der Waals surface area contributed by atoms with Crippen LogP contribution < -0.4 is 4.74 Å². The third-order valence-corrected chi connectivity index (χ3v) is 4.69. The van der Waals surface area contributed by atoms with Crippen molar-refractivity contribution >= 4 is 5.91 Å². The Balaban J connectivity index is 1.40. The van der Waals surface area contributed by atoms with Crippen LogP contribution in [-0.4, -0.2) is 60.0 Å². The Hall–Kier alpha value is -2.40. The summed E-state index contributed by atoms with van der Waals surface area (Å²) in [7, 11) is 0. The molecule has 5 heteroatoms. The van der Waals surface area contributed by atoms with Crippen LogP contribution in [0.1, 0.15) is 16.8 Å². The highest BCUT2D eigenvalue weighted by molar-refractivity contribution is 5.77. The molecular formula is C21H27N3O2. The first kappa shape index (κ1) is 18.4. The fourth-order valence-corrected chi connectivity index (χ4v) is 3.29. The Morgan fingerprint density at radius 1 is 1.08 bits per heavy atom. The Labute approximate surface area is 155 Å². The van der Waals surface area contributed by atoms with E-state index in [0.29, 0.717) is 0 Å². The van der Waals surface area contributed by atoms with Crippen LogP contribution in [-0.2, 0) is 11.2 Å². The second-order valence-corrected chi connectivity index (χ2v) is 6.91. The molecule has 1 aromatic carbocycles. The number of aryl methyl sites for hydroxylation is 2. The minimum absolute atomic E-state index is 0.0635. The highest BCUT2D eigenvalue weighted by Crippen LogP contribution is 2.16. The normalized spacial score (nSPS) is 15.1. The minimum atomic E-state index is 0.0635. The molecule has 0 aliphatic carbocycles. The molecule has 1 saturated heterocycles. The molecule has 0 N–H and O–H groups in total. The van der Waals surface area contributed by atoms with E-state index in [0.717, 1.165) is 61.7 Å². The van der Waals surface area contributed by atoms with Crippen molar-refractivity contribution in [2.45, 2.75) is 20.3 Å². The number of amides is 1. The number of pyridine rings is 1. The summed E-state index contributed by atoms with van der Waals surface area (Å²) < 4.78 is 5.70. The molecule has 1 aromatic heterocycles. The van der Waals surface area contributed by atoms with Crippen LogP contribution in [0, 0.1) is 13.8 Å². The lowest BCUT2D eigenvalue weighted by Crippen LogP contribution is -2.50. The number of rotatable bonds is 6. The first-order valence-corrected chi connectivity index (χ1v) is 9.21. The fourth-order valence-electron chi connectivity index (χ4n) is 3.29. The molecule has 3 rings (SSSR count). The van der Waals surface area contributed by atoms with E-state index in [2.05, 4.69) is 22.0 Å². The summed E-state index contributed by atoms with van der Waals surface area (Å²) >= 11 is 0. The second-order valence-electron chi connectivity index (χ2n) is 6.91. The Kier molecular flexibility index (Phi) is 6.23. The highest BCUT2D eigenvalue weighted by Gasteiger charge is 2.21. The van der Waals surface area contributed by atoms with Gasteiger partial charge in [0.25, 0.3) is 5.91 Å². The van der Waals surface area contributed by atoms with Crippen LogP contribution in [0.5, 0.6) is 5.75 Å². The molecular weight excluding hydrogens is 326 g/mol. The topological polar surface area (TPSA) is 45.7 Å². The third kappa shape index (κ3) is 5.30. The van der Waals surface area contributed by atoms with Crippen molar-refractivity contribution < 1.29 is 9.53 Å². The lowest BCUT2D eigenvalue weighted by atomic mass is 10.1. The van der Waals surface area contributed by atoms with Gasteiger partial charge >= 0.3 is 0 Å². The minimum Gasteiger partial charge on any atom is -0.484 e. The molecule has 2 aromatic rings. The van der Waals surface area contributed by atoms with Gasteiger partial charge in [-0.05, 0) is 49.2 Å². The first-order chi connectivity index (χ1) is 12.6. The Morgan fingerprint density at radius 3 is 2.46 bits per heavy atom. The maximum atomic E-state index is 12.4. The fraction of sp³-hybridized carbons (Fsp3) is 0.429. The van der Waals surface area contributed by atoms with Crippen LogP contribution in [0.25, 0.3) is 0 Å². The summed E-state index contributed by atoms with van der Waals surface area (Å²) in [6.07, 6.45) is 2.78. The van der Waals surface area contributed by atoms with Gasteiger partial charge in [0, 0.05) is 51.0 Å². The number of piperazine rings is 1. The van der Waals surface area contributed by atoms with Crippen molar-refractivity contribution in [1.82, 2.24) is 14.8 Å².